The molecule has 0 bridgehead atoms. The largest absolute Gasteiger partial charge is 0.480 e. The Morgan fingerprint density at radius 1 is 1.79 bits per heavy atom. The van der Waals surface area contributed by atoms with E-state index < -0.39 is 11.2 Å². The zero-order valence-corrected chi connectivity index (χ0v) is 8.37. The summed E-state index contributed by atoms with van der Waals surface area (Å²) in [6, 6.07) is 1.29. The minimum atomic E-state index is -0.889. The van der Waals surface area contributed by atoms with Crippen molar-refractivity contribution in [2.24, 2.45) is 0 Å². The van der Waals surface area contributed by atoms with Crippen molar-refractivity contribution < 1.29 is 9.90 Å². The van der Waals surface area contributed by atoms with Crippen LogP contribution in [0.3, 0.4) is 0 Å². The standard InChI is InChI=1S/C8H10N2O3S/c1-2-5(8(12)13)14-7-3-6(11)9-4-10-7/h3-5H,2H2,1H3,(H,12,13)(H,9,10,11). The van der Waals surface area contributed by atoms with Gasteiger partial charge in [0.2, 0.25) is 0 Å². The highest BCUT2D eigenvalue weighted by molar-refractivity contribution is 8.00. The van der Waals surface area contributed by atoms with Gasteiger partial charge in [0.25, 0.3) is 5.56 Å². The van der Waals surface area contributed by atoms with Crippen LogP contribution in [0.5, 0.6) is 0 Å². The molecule has 0 saturated carbocycles. The summed E-state index contributed by atoms with van der Waals surface area (Å²) in [5, 5.41) is 8.65. The SMILES string of the molecule is CCC(Sc1cc(=O)[nH]cn1)C(=O)O. The van der Waals surface area contributed by atoms with Gasteiger partial charge < -0.3 is 10.1 Å². The number of aromatic amines is 1. The lowest BCUT2D eigenvalue weighted by atomic mass is 10.3. The third-order valence-corrected chi connectivity index (χ3v) is 2.85. The van der Waals surface area contributed by atoms with Crippen molar-refractivity contribution in [2.75, 3.05) is 0 Å². The number of aromatic nitrogens is 2. The predicted molar refractivity (Wildman–Crippen MR) is 52.4 cm³/mol. The van der Waals surface area contributed by atoms with Crippen molar-refractivity contribution in [1.82, 2.24) is 9.97 Å². The molecule has 14 heavy (non-hydrogen) atoms. The number of carbonyl (C=O) groups is 1. The molecular formula is C8H10N2O3S. The Morgan fingerprint density at radius 3 is 3.00 bits per heavy atom. The third-order valence-electron chi connectivity index (χ3n) is 1.56. The molecule has 0 spiro atoms. The van der Waals surface area contributed by atoms with Gasteiger partial charge in [0.05, 0.1) is 6.33 Å². The third kappa shape index (κ3) is 2.88. The monoisotopic (exact) mass is 214 g/mol. The molecule has 0 aliphatic rings. The van der Waals surface area contributed by atoms with Gasteiger partial charge in [-0.25, -0.2) is 4.98 Å². The molecule has 0 amide bonds. The van der Waals surface area contributed by atoms with E-state index in [1.807, 2.05) is 0 Å². The van der Waals surface area contributed by atoms with Gasteiger partial charge >= 0.3 is 5.97 Å². The highest BCUT2D eigenvalue weighted by Gasteiger charge is 2.16. The van der Waals surface area contributed by atoms with E-state index in [0.29, 0.717) is 11.4 Å². The summed E-state index contributed by atoms with van der Waals surface area (Å²) in [7, 11) is 0. The molecular weight excluding hydrogens is 204 g/mol. The molecule has 0 saturated heterocycles. The van der Waals surface area contributed by atoms with Crippen LogP contribution in [0.2, 0.25) is 0 Å². The Morgan fingerprint density at radius 2 is 2.50 bits per heavy atom. The molecule has 1 atom stereocenters. The maximum absolute atomic E-state index is 10.9. The maximum Gasteiger partial charge on any atom is 0.317 e. The van der Waals surface area contributed by atoms with E-state index in [1.54, 1.807) is 6.92 Å². The average Bonchev–Trinajstić information content (AvgIpc) is 2.14. The molecule has 5 nitrogen and oxygen atoms in total. The minimum absolute atomic E-state index is 0.275. The van der Waals surface area contributed by atoms with Gasteiger partial charge in [-0.3, -0.25) is 9.59 Å². The van der Waals surface area contributed by atoms with E-state index in [1.165, 1.54) is 12.4 Å². The average molecular weight is 214 g/mol. The molecule has 1 rings (SSSR count). The van der Waals surface area contributed by atoms with Crippen LogP contribution >= 0.6 is 11.8 Å². The second kappa shape index (κ2) is 4.80. The maximum atomic E-state index is 10.9. The fraction of sp³-hybridized carbons (Fsp3) is 0.375. The van der Waals surface area contributed by atoms with Crippen LogP contribution in [0, 0.1) is 0 Å². The van der Waals surface area contributed by atoms with Gasteiger partial charge in [0.1, 0.15) is 10.3 Å². The number of hydrogen-bond donors (Lipinski definition) is 2. The Kier molecular flexibility index (Phi) is 3.70. The Balaban J connectivity index is 2.77. The fourth-order valence-corrected chi connectivity index (χ4v) is 1.72. The minimum Gasteiger partial charge on any atom is -0.480 e. The summed E-state index contributed by atoms with van der Waals surface area (Å²) in [5.74, 6) is -0.889. The zero-order chi connectivity index (χ0) is 10.6. The second-order valence-electron chi connectivity index (χ2n) is 2.60. The molecule has 1 aromatic rings. The molecule has 1 heterocycles. The summed E-state index contributed by atoms with van der Waals surface area (Å²) in [6.07, 6.45) is 1.76. The number of carboxylic acids is 1. The Labute approximate surface area is 84.6 Å². The lowest BCUT2D eigenvalue weighted by molar-refractivity contribution is -0.136. The van der Waals surface area contributed by atoms with Crippen LogP contribution < -0.4 is 5.56 Å². The van der Waals surface area contributed by atoms with Crippen LogP contribution in [0.15, 0.2) is 22.2 Å². The van der Waals surface area contributed by atoms with Gasteiger partial charge in [-0.15, -0.1) is 0 Å². The number of thioether (sulfide) groups is 1. The van der Waals surface area contributed by atoms with Gasteiger partial charge in [0.15, 0.2) is 0 Å². The highest BCUT2D eigenvalue weighted by atomic mass is 32.2. The molecule has 0 fully saturated rings. The molecule has 2 N–H and O–H groups in total. The zero-order valence-electron chi connectivity index (χ0n) is 7.56. The molecule has 0 aliphatic carbocycles. The van der Waals surface area contributed by atoms with Gasteiger partial charge in [-0.05, 0) is 6.42 Å². The highest BCUT2D eigenvalue weighted by Crippen LogP contribution is 2.21. The van der Waals surface area contributed by atoms with Crippen molar-refractivity contribution in [3.63, 3.8) is 0 Å². The first kappa shape index (κ1) is 10.8. The Hall–Kier alpha value is -1.30. The number of aliphatic carboxylic acids is 1. The lowest BCUT2D eigenvalue weighted by Gasteiger charge is -2.07. The smallest absolute Gasteiger partial charge is 0.317 e. The number of nitrogens with zero attached hydrogens (tertiary/aromatic N) is 1. The molecule has 76 valence electrons. The fourth-order valence-electron chi connectivity index (χ4n) is 0.869. The molecule has 0 aliphatic heterocycles. The van der Waals surface area contributed by atoms with E-state index in [0.717, 1.165) is 11.8 Å². The number of nitrogens with one attached hydrogen (secondary N) is 1. The van der Waals surface area contributed by atoms with Gasteiger partial charge in [0, 0.05) is 6.07 Å². The number of H-pyrrole nitrogens is 1. The van der Waals surface area contributed by atoms with Crippen LogP contribution in [0.1, 0.15) is 13.3 Å². The first-order valence-electron chi connectivity index (χ1n) is 4.07. The number of rotatable bonds is 4. The molecule has 6 heteroatoms. The summed E-state index contributed by atoms with van der Waals surface area (Å²) >= 11 is 1.08. The van der Waals surface area contributed by atoms with Crippen LogP contribution in [0.4, 0.5) is 0 Å². The first-order valence-corrected chi connectivity index (χ1v) is 4.95. The summed E-state index contributed by atoms with van der Waals surface area (Å²) < 4.78 is 0. The summed E-state index contributed by atoms with van der Waals surface area (Å²) in [5.41, 5.74) is -0.275. The van der Waals surface area contributed by atoms with E-state index in [-0.39, 0.29) is 5.56 Å². The van der Waals surface area contributed by atoms with Crippen LogP contribution in [-0.2, 0) is 4.79 Å². The molecule has 1 aromatic heterocycles. The number of carboxylic acid groups (broad SMARTS) is 1. The van der Waals surface area contributed by atoms with Crippen molar-refractivity contribution >= 4 is 17.7 Å². The molecule has 0 aromatic carbocycles. The van der Waals surface area contributed by atoms with Gasteiger partial charge in [-0.1, -0.05) is 18.7 Å². The second-order valence-corrected chi connectivity index (χ2v) is 3.83. The van der Waals surface area contributed by atoms with E-state index in [4.69, 9.17) is 5.11 Å². The normalized spacial score (nSPS) is 12.4. The van der Waals surface area contributed by atoms with Crippen molar-refractivity contribution in [2.45, 2.75) is 23.6 Å². The topological polar surface area (TPSA) is 83.0 Å². The van der Waals surface area contributed by atoms with E-state index in [2.05, 4.69) is 9.97 Å². The van der Waals surface area contributed by atoms with Crippen molar-refractivity contribution in [1.29, 1.82) is 0 Å². The number of hydrogen-bond acceptors (Lipinski definition) is 4. The Bertz CT molecular complexity index is 377. The summed E-state index contributed by atoms with van der Waals surface area (Å²) in [6.45, 7) is 1.78. The van der Waals surface area contributed by atoms with Crippen LogP contribution in [-0.4, -0.2) is 26.3 Å². The summed E-state index contributed by atoms with van der Waals surface area (Å²) in [4.78, 5) is 27.8. The van der Waals surface area contributed by atoms with Crippen molar-refractivity contribution in [3.8, 4) is 0 Å². The van der Waals surface area contributed by atoms with Crippen LogP contribution in [0.25, 0.3) is 0 Å². The molecule has 0 radical (unpaired) electrons. The van der Waals surface area contributed by atoms with Gasteiger partial charge in [-0.2, -0.15) is 0 Å². The molecule has 1 unspecified atom stereocenters. The van der Waals surface area contributed by atoms with E-state index >= 15 is 0 Å². The lowest BCUT2D eigenvalue weighted by Crippen LogP contribution is -2.15. The quantitative estimate of drug-likeness (QED) is 0.570. The van der Waals surface area contributed by atoms with E-state index in [9.17, 15) is 9.59 Å². The first-order chi connectivity index (χ1) is 6.63. The van der Waals surface area contributed by atoms with Crippen molar-refractivity contribution in [3.05, 3.63) is 22.7 Å². The predicted octanol–water partition coefficient (Wildman–Crippen LogP) is 0.725.